The van der Waals surface area contributed by atoms with Crippen LogP contribution >= 0.6 is 0 Å². The van der Waals surface area contributed by atoms with E-state index in [1.165, 1.54) is 24.8 Å². The molecule has 4 nitrogen and oxygen atoms in total. The molecule has 1 rings (SSSR count). The van der Waals surface area contributed by atoms with Gasteiger partial charge in [-0.2, -0.15) is 0 Å². The van der Waals surface area contributed by atoms with Crippen LogP contribution in [0.25, 0.3) is 0 Å². The van der Waals surface area contributed by atoms with Crippen LogP contribution < -0.4 is 0 Å². The van der Waals surface area contributed by atoms with Crippen LogP contribution in [-0.2, 0) is 16.1 Å². The molecule has 1 aromatic carbocycles. The number of rotatable bonds is 19. The van der Waals surface area contributed by atoms with E-state index in [9.17, 15) is 9.90 Å². The van der Waals surface area contributed by atoms with Crippen molar-refractivity contribution in [3.63, 3.8) is 0 Å². The largest absolute Gasteiger partial charge is 0.481 e. The second-order valence-corrected chi connectivity index (χ2v) is 8.20. The summed E-state index contributed by atoms with van der Waals surface area (Å²) < 4.78 is 6.15. The van der Waals surface area contributed by atoms with Crippen LogP contribution in [0.3, 0.4) is 0 Å². The van der Waals surface area contributed by atoms with Gasteiger partial charge in [-0.25, -0.2) is 0 Å². The number of aliphatic carboxylic acids is 1. The third-order valence-corrected chi connectivity index (χ3v) is 5.45. The molecule has 2 unspecified atom stereocenters. The number of aliphatic hydroxyl groups excluding tert-OH is 1. The number of carbonyl (C=O) groups is 1. The van der Waals surface area contributed by atoms with Crippen LogP contribution in [0.5, 0.6) is 0 Å². The smallest absolute Gasteiger partial charge is 0.303 e. The summed E-state index contributed by atoms with van der Waals surface area (Å²) in [5.41, 5.74) is 1.18. The van der Waals surface area contributed by atoms with Crippen molar-refractivity contribution in [2.45, 2.75) is 116 Å². The van der Waals surface area contributed by atoms with Gasteiger partial charge in [0.2, 0.25) is 0 Å². The summed E-state index contributed by atoms with van der Waals surface area (Å²) in [5.74, 6) is -0.716. The molecule has 0 fully saturated rings. The van der Waals surface area contributed by atoms with Gasteiger partial charge in [0.05, 0.1) is 18.8 Å². The van der Waals surface area contributed by atoms with Crippen molar-refractivity contribution < 1.29 is 19.7 Å². The number of hydrogen-bond acceptors (Lipinski definition) is 3. The van der Waals surface area contributed by atoms with Crippen LogP contribution in [0.1, 0.15) is 102 Å². The van der Waals surface area contributed by atoms with Gasteiger partial charge in [0.15, 0.2) is 0 Å². The predicted molar refractivity (Wildman–Crippen MR) is 119 cm³/mol. The minimum absolute atomic E-state index is 0.114. The molecule has 0 aliphatic heterocycles. The molecule has 0 aromatic heterocycles. The Morgan fingerprint density at radius 2 is 1.45 bits per heavy atom. The molecule has 166 valence electrons. The Labute approximate surface area is 177 Å². The number of benzene rings is 1. The highest BCUT2D eigenvalue weighted by molar-refractivity contribution is 5.66. The Morgan fingerprint density at radius 3 is 2.10 bits per heavy atom. The lowest BCUT2D eigenvalue weighted by atomic mass is 10.0. The van der Waals surface area contributed by atoms with E-state index in [2.05, 4.69) is 19.1 Å². The summed E-state index contributed by atoms with van der Waals surface area (Å²) in [6, 6.07) is 10.2. The lowest BCUT2D eigenvalue weighted by Crippen LogP contribution is -2.13. The Morgan fingerprint density at radius 1 is 0.862 bits per heavy atom. The minimum Gasteiger partial charge on any atom is -0.481 e. The molecule has 4 heteroatoms. The first kappa shape index (κ1) is 25.6. The second-order valence-electron chi connectivity index (χ2n) is 8.20. The molecular formula is C25H42O4. The highest BCUT2D eigenvalue weighted by atomic mass is 16.5. The first-order chi connectivity index (χ1) is 14.1. The van der Waals surface area contributed by atoms with E-state index in [1.807, 2.05) is 18.2 Å². The van der Waals surface area contributed by atoms with Crippen molar-refractivity contribution >= 4 is 5.97 Å². The monoisotopic (exact) mass is 406 g/mol. The Hall–Kier alpha value is -1.39. The molecule has 0 bridgehead atoms. The normalized spacial score (nSPS) is 13.3. The first-order valence-electron chi connectivity index (χ1n) is 11.7. The summed E-state index contributed by atoms with van der Waals surface area (Å²) in [7, 11) is 0. The maximum Gasteiger partial charge on any atom is 0.303 e. The zero-order chi connectivity index (χ0) is 21.2. The molecule has 0 amide bonds. The van der Waals surface area contributed by atoms with E-state index < -0.39 is 5.97 Å². The summed E-state index contributed by atoms with van der Waals surface area (Å²) >= 11 is 0. The van der Waals surface area contributed by atoms with E-state index in [1.54, 1.807) is 0 Å². The van der Waals surface area contributed by atoms with Crippen molar-refractivity contribution in [1.29, 1.82) is 0 Å². The number of ether oxygens (including phenoxy) is 1. The summed E-state index contributed by atoms with van der Waals surface area (Å²) in [6.07, 6.45) is 14.0. The maximum atomic E-state index is 10.7. The number of carboxylic acids is 1. The van der Waals surface area contributed by atoms with E-state index in [4.69, 9.17) is 9.84 Å². The molecule has 2 atom stereocenters. The summed E-state index contributed by atoms with van der Waals surface area (Å²) in [5, 5.41) is 18.7. The fourth-order valence-corrected chi connectivity index (χ4v) is 3.61. The molecule has 0 spiro atoms. The number of hydrogen-bond donors (Lipinski definition) is 2. The highest BCUT2D eigenvalue weighted by Crippen LogP contribution is 2.18. The van der Waals surface area contributed by atoms with Crippen molar-refractivity contribution in [2.75, 3.05) is 0 Å². The molecule has 29 heavy (non-hydrogen) atoms. The van der Waals surface area contributed by atoms with Gasteiger partial charge in [0.25, 0.3) is 0 Å². The first-order valence-corrected chi connectivity index (χ1v) is 11.7. The van der Waals surface area contributed by atoms with E-state index >= 15 is 0 Å². The Kier molecular flexibility index (Phi) is 15.4. The third-order valence-electron chi connectivity index (χ3n) is 5.45. The average Bonchev–Trinajstić information content (AvgIpc) is 2.72. The van der Waals surface area contributed by atoms with E-state index in [0.717, 1.165) is 64.2 Å². The molecule has 0 aliphatic carbocycles. The fourth-order valence-electron chi connectivity index (χ4n) is 3.61. The Balaban J connectivity index is 2.19. The quantitative estimate of drug-likeness (QED) is 0.257. The lowest BCUT2D eigenvalue weighted by molar-refractivity contribution is -0.137. The SMILES string of the molecule is CCCCC(O)CCCCCCCC(CCCCC(=O)O)OCc1ccccc1. The van der Waals surface area contributed by atoms with Crippen molar-refractivity contribution in [3.8, 4) is 0 Å². The number of aliphatic hydroxyl groups is 1. The molecule has 0 heterocycles. The van der Waals surface area contributed by atoms with Crippen LogP contribution in [0, 0.1) is 0 Å². The van der Waals surface area contributed by atoms with Gasteiger partial charge in [-0.15, -0.1) is 0 Å². The van der Waals surface area contributed by atoms with Crippen LogP contribution in [0.4, 0.5) is 0 Å². The molecule has 0 aliphatic rings. The maximum absolute atomic E-state index is 10.7. The fraction of sp³-hybridized carbons (Fsp3) is 0.720. The molecule has 0 saturated carbocycles. The molecule has 0 saturated heterocycles. The van der Waals surface area contributed by atoms with Gasteiger partial charge < -0.3 is 14.9 Å². The highest BCUT2D eigenvalue weighted by Gasteiger charge is 2.10. The van der Waals surface area contributed by atoms with Crippen LogP contribution in [-0.4, -0.2) is 28.4 Å². The van der Waals surface area contributed by atoms with Gasteiger partial charge in [0.1, 0.15) is 0 Å². The topological polar surface area (TPSA) is 66.8 Å². The predicted octanol–water partition coefficient (Wildman–Crippen LogP) is 6.50. The van der Waals surface area contributed by atoms with Gasteiger partial charge >= 0.3 is 5.97 Å². The standard InChI is InChI=1S/C25H42O4/c1-2-3-16-23(26)17-10-5-4-6-11-18-24(19-12-13-20-25(27)28)29-21-22-14-8-7-9-15-22/h7-9,14-15,23-24,26H,2-6,10-13,16-21H2,1H3,(H,27,28). The van der Waals surface area contributed by atoms with Crippen LogP contribution in [0.15, 0.2) is 30.3 Å². The van der Waals surface area contributed by atoms with Crippen LogP contribution in [0.2, 0.25) is 0 Å². The molecule has 1 aromatic rings. The second kappa shape index (κ2) is 17.5. The van der Waals surface area contributed by atoms with Crippen molar-refractivity contribution in [1.82, 2.24) is 0 Å². The Bertz CT molecular complexity index is 503. The van der Waals surface area contributed by atoms with Gasteiger partial charge in [-0.3, -0.25) is 4.79 Å². The van der Waals surface area contributed by atoms with E-state index in [0.29, 0.717) is 6.61 Å². The average molecular weight is 407 g/mol. The van der Waals surface area contributed by atoms with Gasteiger partial charge in [-0.1, -0.05) is 88.6 Å². The summed E-state index contributed by atoms with van der Waals surface area (Å²) in [4.78, 5) is 10.7. The lowest BCUT2D eigenvalue weighted by Gasteiger charge is -2.18. The summed E-state index contributed by atoms with van der Waals surface area (Å²) in [6.45, 7) is 2.79. The zero-order valence-corrected chi connectivity index (χ0v) is 18.4. The molecule has 0 radical (unpaired) electrons. The molecular weight excluding hydrogens is 364 g/mol. The zero-order valence-electron chi connectivity index (χ0n) is 18.4. The van der Waals surface area contributed by atoms with Crippen molar-refractivity contribution in [3.05, 3.63) is 35.9 Å². The van der Waals surface area contributed by atoms with E-state index in [-0.39, 0.29) is 18.6 Å². The van der Waals surface area contributed by atoms with Crippen molar-refractivity contribution in [2.24, 2.45) is 0 Å². The third kappa shape index (κ3) is 15.2. The van der Waals surface area contributed by atoms with Gasteiger partial charge in [0, 0.05) is 6.42 Å². The molecule has 2 N–H and O–H groups in total. The van der Waals surface area contributed by atoms with Gasteiger partial charge in [-0.05, 0) is 37.7 Å². The number of carboxylic acid groups (broad SMARTS) is 1. The minimum atomic E-state index is -0.716. The number of unbranched alkanes of at least 4 members (excludes halogenated alkanes) is 6.